The molecule has 2 aliphatic heterocycles. The molecule has 0 aromatic carbocycles. The maximum Gasteiger partial charge on any atom is 0.254 e. The second-order valence-electron chi connectivity index (χ2n) is 7.20. The smallest absolute Gasteiger partial charge is 0.254 e. The van der Waals surface area contributed by atoms with Crippen molar-refractivity contribution in [2.45, 2.75) is 51.6 Å². The molecule has 0 saturated carbocycles. The zero-order valence-corrected chi connectivity index (χ0v) is 17.3. The summed E-state index contributed by atoms with van der Waals surface area (Å²) < 4.78 is 30.8. The summed E-state index contributed by atoms with van der Waals surface area (Å²) >= 11 is 0. The van der Waals surface area contributed by atoms with E-state index < -0.39 is 10.0 Å². The van der Waals surface area contributed by atoms with Crippen molar-refractivity contribution in [3.63, 3.8) is 0 Å². The molecule has 1 saturated heterocycles. The van der Waals surface area contributed by atoms with Crippen molar-refractivity contribution in [2.75, 3.05) is 32.6 Å². The lowest BCUT2D eigenvalue weighted by atomic mass is 10.00. The number of piperidine rings is 1. The first-order valence-corrected chi connectivity index (χ1v) is 11.4. The number of likely N-dealkylation sites (tertiary alicyclic amines) is 1. The molecule has 10 heteroatoms. The number of hydrogen-bond acceptors (Lipinski definition) is 6. The minimum atomic E-state index is -3.35. The Morgan fingerprint density at radius 3 is 2.82 bits per heavy atom. The first-order chi connectivity index (χ1) is 13.4. The molecule has 156 valence electrons. The number of aromatic amines is 1. The summed E-state index contributed by atoms with van der Waals surface area (Å²) in [5.41, 5.74) is 0.805. The molecule has 9 nitrogen and oxygen atoms in total. The lowest BCUT2D eigenvalue weighted by molar-refractivity contribution is -0.136. The van der Waals surface area contributed by atoms with Gasteiger partial charge in [-0.2, -0.15) is 4.31 Å². The van der Waals surface area contributed by atoms with Gasteiger partial charge in [0.2, 0.25) is 15.9 Å². The van der Waals surface area contributed by atoms with Gasteiger partial charge >= 0.3 is 0 Å². The third-order valence-corrected chi connectivity index (χ3v) is 7.30. The van der Waals surface area contributed by atoms with Gasteiger partial charge in [0.05, 0.1) is 37.1 Å². The molecule has 3 heterocycles. The number of ether oxygens (including phenoxy) is 1. The second-order valence-corrected chi connectivity index (χ2v) is 9.46. The molecule has 1 amide bonds. The second kappa shape index (κ2) is 8.71. The summed E-state index contributed by atoms with van der Waals surface area (Å²) in [5, 5.41) is 0. The molecule has 0 spiro atoms. The van der Waals surface area contributed by atoms with Crippen molar-refractivity contribution in [3.05, 3.63) is 27.4 Å². The molecule has 1 fully saturated rings. The van der Waals surface area contributed by atoms with Gasteiger partial charge in [0, 0.05) is 25.8 Å². The standard InChI is InChI=1S/C18H28N4O5S/c1-3-28(25,26)21-10-7-13-14(12-21)19-17(20-18(13)24)15-6-4-5-9-22(15)16(23)8-11-27-2/h15H,3-12H2,1-2H3,(H,19,20,24)/t15-/m0/s1. The molecule has 28 heavy (non-hydrogen) atoms. The van der Waals surface area contributed by atoms with E-state index in [1.54, 1.807) is 18.9 Å². The monoisotopic (exact) mass is 412 g/mol. The van der Waals surface area contributed by atoms with Crippen LogP contribution >= 0.6 is 0 Å². The maximum absolute atomic E-state index is 12.6. The van der Waals surface area contributed by atoms with Crippen LogP contribution in [0.2, 0.25) is 0 Å². The van der Waals surface area contributed by atoms with Gasteiger partial charge in [-0.3, -0.25) is 9.59 Å². The number of fused-ring (bicyclic) bond motifs is 1. The normalized spacial score (nSPS) is 20.8. The van der Waals surface area contributed by atoms with E-state index >= 15 is 0 Å². The summed E-state index contributed by atoms with van der Waals surface area (Å²) in [6.07, 6.45) is 3.20. The molecule has 0 unspecified atom stereocenters. The lowest BCUT2D eigenvalue weighted by Crippen LogP contribution is -2.43. The zero-order chi connectivity index (χ0) is 20.3. The Labute approximate surface area is 165 Å². The lowest BCUT2D eigenvalue weighted by Gasteiger charge is -2.35. The maximum atomic E-state index is 12.6. The number of H-pyrrole nitrogens is 1. The van der Waals surface area contributed by atoms with Gasteiger partial charge in [0.25, 0.3) is 5.56 Å². The fraction of sp³-hybridized carbons (Fsp3) is 0.722. The van der Waals surface area contributed by atoms with Crippen LogP contribution in [0, 0.1) is 0 Å². The number of aromatic nitrogens is 2. The third kappa shape index (κ3) is 4.28. The molecule has 1 aromatic heterocycles. The van der Waals surface area contributed by atoms with Gasteiger partial charge in [-0.1, -0.05) is 0 Å². The molecule has 0 radical (unpaired) electrons. The summed E-state index contributed by atoms with van der Waals surface area (Å²) in [5.74, 6) is 0.440. The van der Waals surface area contributed by atoms with Gasteiger partial charge < -0.3 is 14.6 Å². The van der Waals surface area contributed by atoms with E-state index in [0.29, 0.717) is 43.2 Å². The van der Waals surface area contributed by atoms with Crippen LogP contribution in [-0.2, 0) is 32.5 Å². The molecular formula is C18H28N4O5S. The van der Waals surface area contributed by atoms with Crippen LogP contribution in [0.25, 0.3) is 0 Å². The number of amides is 1. The molecule has 1 N–H and O–H groups in total. The fourth-order valence-electron chi connectivity index (χ4n) is 3.86. The molecular weight excluding hydrogens is 384 g/mol. The van der Waals surface area contributed by atoms with Crippen LogP contribution in [-0.4, -0.2) is 66.1 Å². The molecule has 3 rings (SSSR count). The highest BCUT2D eigenvalue weighted by Gasteiger charge is 2.32. The largest absolute Gasteiger partial charge is 0.384 e. The van der Waals surface area contributed by atoms with E-state index in [1.807, 2.05) is 0 Å². The molecule has 2 aliphatic rings. The average Bonchev–Trinajstić information content (AvgIpc) is 2.71. The Kier molecular flexibility index (Phi) is 6.51. The van der Waals surface area contributed by atoms with Crippen molar-refractivity contribution in [1.82, 2.24) is 19.2 Å². The number of carbonyl (C=O) groups is 1. The van der Waals surface area contributed by atoms with Gasteiger partial charge in [0.15, 0.2) is 0 Å². The van der Waals surface area contributed by atoms with Gasteiger partial charge in [-0.15, -0.1) is 0 Å². The highest BCUT2D eigenvalue weighted by atomic mass is 32.2. The summed E-state index contributed by atoms with van der Waals surface area (Å²) in [6, 6.07) is -0.297. The summed E-state index contributed by atoms with van der Waals surface area (Å²) in [4.78, 5) is 34.4. The molecule has 0 bridgehead atoms. The quantitative estimate of drug-likeness (QED) is 0.731. The van der Waals surface area contributed by atoms with Crippen LogP contribution in [0.4, 0.5) is 0 Å². The van der Waals surface area contributed by atoms with Crippen LogP contribution in [0.1, 0.15) is 55.7 Å². The first kappa shape index (κ1) is 20.9. The van der Waals surface area contributed by atoms with Crippen molar-refractivity contribution < 1.29 is 17.9 Å². The summed E-state index contributed by atoms with van der Waals surface area (Å²) in [7, 11) is -1.79. The van der Waals surface area contributed by atoms with Crippen LogP contribution in [0.3, 0.4) is 0 Å². The van der Waals surface area contributed by atoms with Crippen molar-refractivity contribution >= 4 is 15.9 Å². The highest BCUT2D eigenvalue weighted by Crippen LogP contribution is 2.30. The molecule has 1 aromatic rings. The molecule has 1 atom stereocenters. The van der Waals surface area contributed by atoms with Crippen LogP contribution in [0.5, 0.6) is 0 Å². The number of carbonyl (C=O) groups excluding carboxylic acids is 1. The SMILES string of the molecule is CCS(=O)(=O)N1CCc2c(nc([C@@H]3CCCCN3C(=O)CCOC)[nH]c2=O)C1. The van der Waals surface area contributed by atoms with Gasteiger partial charge in [-0.25, -0.2) is 13.4 Å². The predicted molar refractivity (Wildman–Crippen MR) is 103 cm³/mol. The van der Waals surface area contributed by atoms with Crippen LogP contribution < -0.4 is 5.56 Å². The van der Waals surface area contributed by atoms with E-state index in [1.165, 1.54) is 4.31 Å². The fourth-order valence-corrected chi connectivity index (χ4v) is 4.91. The average molecular weight is 413 g/mol. The Morgan fingerprint density at radius 2 is 2.11 bits per heavy atom. The Morgan fingerprint density at radius 1 is 1.32 bits per heavy atom. The van der Waals surface area contributed by atoms with Gasteiger partial charge in [-0.05, 0) is 32.6 Å². The minimum absolute atomic E-state index is 0.0167. The minimum Gasteiger partial charge on any atom is -0.384 e. The van der Waals surface area contributed by atoms with Crippen molar-refractivity contribution in [3.8, 4) is 0 Å². The zero-order valence-electron chi connectivity index (χ0n) is 16.4. The van der Waals surface area contributed by atoms with E-state index in [0.717, 1.165) is 19.3 Å². The number of nitrogens with one attached hydrogen (secondary N) is 1. The predicted octanol–water partition coefficient (Wildman–Crippen LogP) is 0.568. The Balaban J connectivity index is 1.90. The topological polar surface area (TPSA) is 113 Å². The van der Waals surface area contributed by atoms with E-state index in [9.17, 15) is 18.0 Å². The van der Waals surface area contributed by atoms with E-state index in [-0.39, 0.29) is 36.2 Å². The van der Waals surface area contributed by atoms with Crippen LogP contribution in [0.15, 0.2) is 4.79 Å². The number of hydrogen-bond donors (Lipinski definition) is 1. The third-order valence-electron chi connectivity index (χ3n) is 5.47. The molecule has 0 aliphatic carbocycles. The first-order valence-electron chi connectivity index (χ1n) is 9.75. The number of nitrogens with zero attached hydrogens (tertiary/aromatic N) is 3. The van der Waals surface area contributed by atoms with Crippen molar-refractivity contribution in [2.24, 2.45) is 0 Å². The number of sulfonamides is 1. The van der Waals surface area contributed by atoms with Crippen molar-refractivity contribution in [1.29, 1.82) is 0 Å². The number of rotatable bonds is 6. The number of methoxy groups -OCH3 is 1. The van der Waals surface area contributed by atoms with E-state index in [2.05, 4.69) is 9.97 Å². The Bertz CT molecular complexity index is 882. The Hall–Kier alpha value is -1.78. The van der Waals surface area contributed by atoms with Gasteiger partial charge in [0.1, 0.15) is 5.82 Å². The van der Waals surface area contributed by atoms with E-state index in [4.69, 9.17) is 4.74 Å². The summed E-state index contributed by atoms with van der Waals surface area (Å²) in [6.45, 7) is 2.96. The highest BCUT2D eigenvalue weighted by molar-refractivity contribution is 7.89.